The van der Waals surface area contributed by atoms with Crippen LogP contribution in [0.15, 0.2) is 65.8 Å². The number of nitrogens with zero attached hydrogens (tertiary/aromatic N) is 2. The number of aryl methyl sites for hydroxylation is 1. The molecule has 0 bridgehead atoms. The highest BCUT2D eigenvalue weighted by Crippen LogP contribution is 2.44. The van der Waals surface area contributed by atoms with Gasteiger partial charge in [0.05, 0.1) is 28.8 Å². The number of aliphatic hydroxyl groups is 1. The largest absolute Gasteiger partial charge is 0.503 e. The zero-order valence-electron chi connectivity index (χ0n) is 19.0. The van der Waals surface area contributed by atoms with Gasteiger partial charge in [-0.1, -0.05) is 42.2 Å². The smallest absolute Gasteiger partial charge is 0.350 e. The van der Waals surface area contributed by atoms with E-state index in [1.807, 2.05) is 0 Å². The fraction of sp³-hybridized carbons (Fsp3) is 0.200. The molecule has 3 aromatic rings. The number of thiophene rings is 1. The number of carbonyl (C=O) groups excluding carboxylic acids is 3. The van der Waals surface area contributed by atoms with E-state index in [9.17, 15) is 19.5 Å². The fourth-order valence-electron chi connectivity index (χ4n) is 3.66. The average molecular weight is 511 g/mol. The highest BCUT2D eigenvalue weighted by Gasteiger charge is 2.46. The van der Waals surface area contributed by atoms with Crippen LogP contribution < -0.4 is 9.64 Å². The molecule has 0 radical (unpaired) electrons. The van der Waals surface area contributed by atoms with Crippen LogP contribution in [0.5, 0.6) is 5.75 Å². The Hall–Kier alpha value is -3.76. The van der Waals surface area contributed by atoms with Crippen molar-refractivity contribution in [3.63, 3.8) is 0 Å². The number of Topliss-reactive ketones (excluding diaryl/α,β-unsaturated/α-hetero) is 1. The van der Waals surface area contributed by atoms with E-state index in [-0.39, 0.29) is 22.2 Å². The molecule has 4 rings (SSSR count). The van der Waals surface area contributed by atoms with E-state index < -0.39 is 29.5 Å². The van der Waals surface area contributed by atoms with Gasteiger partial charge >= 0.3 is 5.97 Å². The van der Waals surface area contributed by atoms with Gasteiger partial charge < -0.3 is 14.6 Å². The lowest BCUT2D eigenvalue weighted by Crippen LogP contribution is -2.31. The first-order valence-corrected chi connectivity index (χ1v) is 12.4. The summed E-state index contributed by atoms with van der Waals surface area (Å²) in [7, 11) is 0. The maximum atomic E-state index is 13.4. The number of amides is 1. The summed E-state index contributed by atoms with van der Waals surface area (Å²) in [4.78, 5) is 45.3. The van der Waals surface area contributed by atoms with Crippen LogP contribution in [0, 0.1) is 6.92 Å². The van der Waals surface area contributed by atoms with Crippen molar-refractivity contribution in [1.29, 1.82) is 0 Å². The van der Waals surface area contributed by atoms with Crippen molar-refractivity contribution in [2.45, 2.75) is 19.9 Å². The number of carbonyl (C=O) groups is 3. The number of aliphatic hydroxyl groups excluding tert-OH is 1. The zero-order valence-corrected chi connectivity index (χ0v) is 20.6. The quantitative estimate of drug-likeness (QED) is 0.244. The SMILES string of the molecule is C=CCOc1ccc(C2C(C(=O)c3cccs3)=C(O)C(=O)N2c2nc(C)c(C(=O)OCC)s2)cc1. The van der Waals surface area contributed by atoms with Crippen LogP contribution in [0.25, 0.3) is 0 Å². The molecule has 1 aliphatic heterocycles. The molecule has 0 fully saturated rings. The topological polar surface area (TPSA) is 106 Å². The number of hydrogen-bond donors (Lipinski definition) is 1. The first-order valence-electron chi connectivity index (χ1n) is 10.7. The van der Waals surface area contributed by atoms with Gasteiger partial charge in [-0.25, -0.2) is 9.78 Å². The second-order valence-electron chi connectivity index (χ2n) is 7.45. The minimum absolute atomic E-state index is 0.0530. The molecule has 0 aliphatic carbocycles. The molecular weight excluding hydrogens is 488 g/mol. The van der Waals surface area contributed by atoms with Crippen LogP contribution >= 0.6 is 22.7 Å². The molecule has 1 aliphatic rings. The lowest BCUT2D eigenvalue weighted by Gasteiger charge is -2.24. The highest BCUT2D eigenvalue weighted by atomic mass is 32.1. The van der Waals surface area contributed by atoms with Gasteiger partial charge in [0, 0.05) is 0 Å². The molecule has 1 atom stereocenters. The summed E-state index contributed by atoms with van der Waals surface area (Å²) in [5.41, 5.74) is 0.905. The first kappa shape index (κ1) is 24.4. The minimum Gasteiger partial charge on any atom is -0.503 e. The third-order valence-electron chi connectivity index (χ3n) is 5.21. The molecule has 10 heteroatoms. The monoisotopic (exact) mass is 510 g/mol. The van der Waals surface area contributed by atoms with Crippen LogP contribution in [0.4, 0.5) is 5.13 Å². The predicted octanol–water partition coefficient (Wildman–Crippen LogP) is 5.04. The molecule has 8 nitrogen and oxygen atoms in total. The summed E-state index contributed by atoms with van der Waals surface area (Å²) in [5.74, 6) is -1.84. The van der Waals surface area contributed by atoms with E-state index in [1.165, 1.54) is 16.2 Å². The number of thiazole rings is 1. The molecule has 180 valence electrons. The first-order chi connectivity index (χ1) is 16.9. The van der Waals surface area contributed by atoms with Gasteiger partial charge in [0.1, 0.15) is 17.2 Å². The van der Waals surface area contributed by atoms with E-state index in [0.717, 1.165) is 11.3 Å². The van der Waals surface area contributed by atoms with Gasteiger partial charge in [0.2, 0.25) is 5.78 Å². The van der Waals surface area contributed by atoms with E-state index in [1.54, 1.807) is 61.7 Å². The molecule has 1 aromatic carbocycles. The van der Waals surface area contributed by atoms with Crippen molar-refractivity contribution in [2.24, 2.45) is 0 Å². The maximum absolute atomic E-state index is 13.4. The van der Waals surface area contributed by atoms with Crippen LogP contribution in [0.1, 0.15) is 43.6 Å². The molecular formula is C25H22N2O6S2. The van der Waals surface area contributed by atoms with Crippen molar-refractivity contribution in [1.82, 2.24) is 4.98 Å². The maximum Gasteiger partial charge on any atom is 0.350 e. The predicted molar refractivity (Wildman–Crippen MR) is 133 cm³/mol. The number of benzene rings is 1. The molecule has 0 saturated carbocycles. The van der Waals surface area contributed by atoms with E-state index in [0.29, 0.717) is 28.5 Å². The number of hydrogen-bond acceptors (Lipinski definition) is 9. The molecule has 0 saturated heterocycles. The Morgan fingerprint density at radius 2 is 2.00 bits per heavy atom. The van der Waals surface area contributed by atoms with E-state index in [2.05, 4.69) is 11.6 Å². The zero-order chi connectivity index (χ0) is 25.1. The van der Waals surface area contributed by atoms with Gasteiger partial charge in [-0.15, -0.1) is 11.3 Å². The Kier molecular flexibility index (Phi) is 7.13. The number of ketones is 1. The van der Waals surface area contributed by atoms with Gasteiger partial charge in [-0.05, 0) is 43.0 Å². The van der Waals surface area contributed by atoms with Crippen molar-refractivity contribution in [3.05, 3.63) is 86.8 Å². The number of rotatable bonds is 9. The van der Waals surface area contributed by atoms with Crippen LogP contribution in [0.3, 0.4) is 0 Å². The highest BCUT2D eigenvalue weighted by molar-refractivity contribution is 7.17. The Balaban J connectivity index is 1.81. The van der Waals surface area contributed by atoms with Crippen molar-refractivity contribution in [2.75, 3.05) is 18.1 Å². The van der Waals surface area contributed by atoms with Crippen LogP contribution in [0.2, 0.25) is 0 Å². The Morgan fingerprint density at radius 1 is 1.26 bits per heavy atom. The van der Waals surface area contributed by atoms with Gasteiger partial charge in [-0.3, -0.25) is 14.5 Å². The third kappa shape index (κ3) is 4.62. The van der Waals surface area contributed by atoms with Gasteiger partial charge in [-0.2, -0.15) is 0 Å². The average Bonchev–Trinajstić information content (AvgIpc) is 3.57. The Labute approximate surface area is 209 Å². The number of anilines is 1. The Morgan fingerprint density at radius 3 is 2.63 bits per heavy atom. The molecule has 1 unspecified atom stereocenters. The summed E-state index contributed by atoms with van der Waals surface area (Å²) in [6.45, 7) is 7.48. The summed E-state index contributed by atoms with van der Waals surface area (Å²) >= 11 is 2.19. The lowest BCUT2D eigenvalue weighted by molar-refractivity contribution is -0.117. The normalized spacial score (nSPS) is 15.4. The third-order valence-corrected chi connectivity index (χ3v) is 7.22. The molecule has 3 heterocycles. The molecule has 35 heavy (non-hydrogen) atoms. The van der Waals surface area contributed by atoms with Crippen LogP contribution in [-0.2, 0) is 9.53 Å². The van der Waals surface area contributed by atoms with Crippen molar-refractivity contribution < 1.29 is 29.0 Å². The molecule has 2 aromatic heterocycles. The van der Waals surface area contributed by atoms with E-state index >= 15 is 0 Å². The molecule has 0 spiro atoms. The summed E-state index contributed by atoms with van der Waals surface area (Å²) in [6, 6.07) is 9.26. The van der Waals surface area contributed by atoms with E-state index in [4.69, 9.17) is 9.47 Å². The summed E-state index contributed by atoms with van der Waals surface area (Å²) in [6.07, 6.45) is 1.62. The molecule has 1 amide bonds. The number of aromatic nitrogens is 1. The minimum atomic E-state index is -0.953. The molecule has 1 N–H and O–H groups in total. The Bertz CT molecular complexity index is 1310. The summed E-state index contributed by atoms with van der Waals surface area (Å²) < 4.78 is 10.6. The van der Waals surface area contributed by atoms with Gasteiger partial charge in [0.15, 0.2) is 10.9 Å². The second kappa shape index (κ2) is 10.2. The number of esters is 1. The lowest BCUT2D eigenvalue weighted by atomic mass is 9.95. The van der Waals surface area contributed by atoms with Gasteiger partial charge in [0.25, 0.3) is 5.91 Å². The van der Waals surface area contributed by atoms with Crippen LogP contribution in [-0.4, -0.2) is 41.0 Å². The second-order valence-corrected chi connectivity index (χ2v) is 9.37. The number of ether oxygens (including phenoxy) is 2. The van der Waals surface area contributed by atoms with Crippen molar-refractivity contribution >= 4 is 45.5 Å². The summed E-state index contributed by atoms with van der Waals surface area (Å²) in [5, 5.41) is 12.8. The fourth-order valence-corrected chi connectivity index (χ4v) is 5.33. The standard InChI is InChI=1S/C25H22N2O6S2/c1-4-12-33-16-10-8-15(9-11-16)19-18(20(28)17-7-6-13-34-17)21(29)23(30)27(19)25-26-14(3)22(35-25)24(31)32-5-2/h4,6-11,13,19,29H,1,5,12H2,2-3H3. The van der Waals surface area contributed by atoms with Crippen molar-refractivity contribution in [3.8, 4) is 5.75 Å².